The highest BCUT2D eigenvalue weighted by Crippen LogP contribution is 2.43. The molecule has 0 radical (unpaired) electrons. The second-order valence-corrected chi connectivity index (χ2v) is 6.64. The van der Waals surface area contributed by atoms with E-state index in [1.54, 1.807) is 0 Å². The summed E-state index contributed by atoms with van der Waals surface area (Å²) in [6.07, 6.45) is 6.40. The van der Waals surface area contributed by atoms with Crippen molar-refractivity contribution < 1.29 is 0 Å². The molecule has 0 aromatic carbocycles. The lowest BCUT2D eigenvalue weighted by Crippen LogP contribution is -2.59. The molecule has 0 aromatic heterocycles. The Bertz CT molecular complexity index is 225. The van der Waals surface area contributed by atoms with Gasteiger partial charge in [0.2, 0.25) is 0 Å². The van der Waals surface area contributed by atoms with Crippen LogP contribution in [0.1, 0.15) is 66.7 Å². The van der Waals surface area contributed by atoms with Gasteiger partial charge in [-0.2, -0.15) is 0 Å². The Hall–Kier alpha value is -0.0800. The molecule has 0 aromatic rings. The summed E-state index contributed by atoms with van der Waals surface area (Å²) in [6.45, 7) is 13.7. The van der Waals surface area contributed by atoms with Crippen LogP contribution < -0.4 is 5.73 Å². The van der Waals surface area contributed by atoms with Crippen molar-refractivity contribution in [3.05, 3.63) is 0 Å². The lowest BCUT2D eigenvalue weighted by Gasteiger charge is -2.51. The molecule has 17 heavy (non-hydrogen) atoms. The van der Waals surface area contributed by atoms with Gasteiger partial charge in [-0.3, -0.25) is 4.90 Å². The fourth-order valence-corrected chi connectivity index (χ4v) is 3.34. The van der Waals surface area contributed by atoms with Gasteiger partial charge in [-0.15, -0.1) is 0 Å². The standard InChI is InChI=1S/C15H32N2/c1-6-13(3)17(7-2)15(12-16)10-8-14(4,5)9-11-15/h13H,6-12,16H2,1-5H3. The maximum Gasteiger partial charge on any atom is 0.0334 e. The predicted molar refractivity (Wildman–Crippen MR) is 76.2 cm³/mol. The summed E-state index contributed by atoms with van der Waals surface area (Å²) < 4.78 is 0. The summed E-state index contributed by atoms with van der Waals surface area (Å²) in [5.41, 5.74) is 6.95. The van der Waals surface area contributed by atoms with Crippen LogP contribution in [0.4, 0.5) is 0 Å². The van der Waals surface area contributed by atoms with Crippen molar-refractivity contribution in [2.45, 2.75) is 78.3 Å². The Labute approximate surface area is 108 Å². The summed E-state index contributed by atoms with van der Waals surface area (Å²) in [7, 11) is 0. The molecule has 0 bridgehead atoms. The first-order chi connectivity index (χ1) is 7.90. The van der Waals surface area contributed by atoms with Gasteiger partial charge in [-0.1, -0.05) is 27.7 Å². The second kappa shape index (κ2) is 5.71. The maximum absolute atomic E-state index is 6.15. The zero-order valence-corrected chi connectivity index (χ0v) is 12.6. The van der Waals surface area contributed by atoms with Gasteiger partial charge in [0.25, 0.3) is 0 Å². The fraction of sp³-hybridized carbons (Fsp3) is 1.00. The third kappa shape index (κ3) is 3.23. The fourth-order valence-electron chi connectivity index (χ4n) is 3.34. The lowest BCUT2D eigenvalue weighted by atomic mass is 9.68. The lowest BCUT2D eigenvalue weighted by molar-refractivity contribution is 0.000138. The Morgan fingerprint density at radius 2 is 1.65 bits per heavy atom. The first-order valence-corrected chi connectivity index (χ1v) is 7.37. The maximum atomic E-state index is 6.15. The quantitative estimate of drug-likeness (QED) is 0.798. The van der Waals surface area contributed by atoms with Gasteiger partial charge in [-0.25, -0.2) is 0 Å². The van der Waals surface area contributed by atoms with Crippen molar-refractivity contribution in [2.24, 2.45) is 11.1 Å². The minimum absolute atomic E-state index is 0.277. The molecule has 1 unspecified atom stereocenters. The van der Waals surface area contributed by atoms with E-state index in [1.807, 2.05) is 0 Å². The Morgan fingerprint density at radius 1 is 1.12 bits per heavy atom. The zero-order valence-electron chi connectivity index (χ0n) is 12.6. The monoisotopic (exact) mass is 240 g/mol. The minimum atomic E-state index is 0.277. The van der Waals surface area contributed by atoms with Gasteiger partial charge in [0, 0.05) is 18.1 Å². The number of rotatable bonds is 5. The molecule has 0 aliphatic heterocycles. The van der Waals surface area contributed by atoms with Crippen LogP contribution in [-0.2, 0) is 0 Å². The first kappa shape index (κ1) is 15.0. The van der Waals surface area contributed by atoms with E-state index < -0.39 is 0 Å². The van der Waals surface area contributed by atoms with E-state index in [-0.39, 0.29) is 5.54 Å². The Morgan fingerprint density at radius 3 is 2.00 bits per heavy atom. The molecule has 1 saturated carbocycles. The largest absolute Gasteiger partial charge is 0.329 e. The van der Waals surface area contributed by atoms with E-state index in [2.05, 4.69) is 39.5 Å². The normalized spacial score (nSPS) is 24.9. The number of hydrogen-bond donors (Lipinski definition) is 1. The van der Waals surface area contributed by atoms with E-state index in [0.717, 1.165) is 13.1 Å². The van der Waals surface area contributed by atoms with E-state index >= 15 is 0 Å². The smallest absolute Gasteiger partial charge is 0.0334 e. The summed E-state index contributed by atoms with van der Waals surface area (Å²) >= 11 is 0. The molecule has 1 aliphatic rings. The molecule has 0 spiro atoms. The highest BCUT2D eigenvalue weighted by Gasteiger charge is 2.42. The molecule has 2 heteroatoms. The highest BCUT2D eigenvalue weighted by atomic mass is 15.2. The molecular formula is C15H32N2. The van der Waals surface area contributed by atoms with Crippen LogP contribution in [0, 0.1) is 5.41 Å². The van der Waals surface area contributed by atoms with Crippen molar-refractivity contribution >= 4 is 0 Å². The van der Waals surface area contributed by atoms with Gasteiger partial charge >= 0.3 is 0 Å². The number of likely N-dealkylation sites (N-methyl/N-ethyl adjacent to an activating group) is 1. The number of hydrogen-bond acceptors (Lipinski definition) is 2. The van der Waals surface area contributed by atoms with Gasteiger partial charge in [0.15, 0.2) is 0 Å². The molecule has 0 heterocycles. The van der Waals surface area contributed by atoms with E-state index in [9.17, 15) is 0 Å². The van der Waals surface area contributed by atoms with Crippen molar-refractivity contribution in [1.82, 2.24) is 4.90 Å². The van der Waals surface area contributed by atoms with E-state index in [1.165, 1.54) is 32.1 Å². The van der Waals surface area contributed by atoms with Crippen molar-refractivity contribution in [2.75, 3.05) is 13.1 Å². The molecule has 102 valence electrons. The molecule has 0 amide bonds. The van der Waals surface area contributed by atoms with Gasteiger partial charge in [-0.05, 0) is 51.0 Å². The van der Waals surface area contributed by atoms with E-state index in [0.29, 0.717) is 11.5 Å². The average molecular weight is 240 g/mol. The van der Waals surface area contributed by atoms with Crippen LogP contribution in [0.2, 0.25) is 0 Å². The van der Waals surface area contributed by atoms with Gasteiger partial charge in [0.05, 0.1) is 0 Å². The Kier molecular flexibility index (Phi) is 5.03. The molecule has 1 rings (SSSR count). The van der Waals surface area contributed by atoms with Gasteiger partial charge in [0.1, 0.15) is 0 Å². The van der Waals surface area contributed by atoms with Crippen LogP contribution in [0.5, 0.6) is 0 Å². The predicted octanol–water partition coefficient (Wildman–Crippen LogP) is 3.40. The zero-order chi connectivity index (χ0) is 13.1. The number of nitrogens with two attached hydrogens (primary N) is 1. The second-order valence-electron chi connectivity index (χ2n) is 6.64. The van der Waals surface area contributed by atoms with Crippen LogP contribution in [0.15, 0.2) is 0 Å². The van der Waals surface area contributed by atoms with E-state index in [4.69, 9.17) is 5.73 Å². The molecule has 2 N–H and O–H groups in total. The van der Waals surface area contributed by atoms with Crippen molar-refractivity contribution in [1.29, 1.82) is 0 Å². The molecule has 1 aliphatic carbocycles. The third-order valence-corrected chi connectivity index (χ3v) is 4.99. The van der Waals surface area contributed by atoms with Crippen LogP contribution in [0.25, 0.3) is 0 Å². The van der Waals surface area contributed by atoms with Crippen LogP contribution >= 0.6 is 0 Å². The third-order valence-electron chi connectivity index (χ3n) is 4.99. The van der Waals surface area contributed by atoms with Crippen molar-refractivity contribution in [3.63, 3.8) is 0 Å². The topological polar surface area (TPSA) is 29.3 Å². The molecule has 0 saturated heterocycles. The summed E-state index contributed by atoms with van der Waals surface area (Å²) in [5.74, 6) is 0. The SMILES string of the molecule is CCC(C)N(CC)C1(CN)CCC(C)(C)CC1. The van der Waals surface area contributed by atoms with Crippen molar-refractivity contribution in [3.8, 4) is 0 Å². The molecule has 1 fully saturated rings. The first-order valence-electron chi connectivity index (χ1n) is 7.37. The van der Waals surface area contributed by atoms with Crippen LogP contribution in [0.3, 0.4) is 0 Å². The summed E-state index contributed by atoms with van der Waals surface area (Å²) in [4.78, 5) is 2.67. The minimum Gasteiger partial charge on any atom is -0.329 e. The Balaban J connectivity index is 2.81. The molecule has 1 atom stereocenters. The number of nitrogens with zero attached hydrogens (tertiary/aromatic N) is 1. The van der Waals surface area contributed by atoms with Crippen LogP contribution in [-0.4, -0.2) is 29.6 Å². The summed E-state index contributed by atoms with van der Waals surface area (Å²) in [6, 6.07) is 0.657. The molecule has 2 nitrogen and oxygen atoms in total. The highest BCUT2D eigenvalue weighted by molar-refractivity contribution is 4.99. The molecular weight excluding hydrogens is 208 g/mol. The summed E-state index contributed by atoms with van der Waals surface area (Å²) in [5, 5.41) is 0. The average Bonchev–Trinajstić information content (AvgIpc) is 2.32. The van der Waals surface area contributed by atoms with Gasteiger partial charge < -0.3 is 5.73 Å².